The van der Waals surface area contributed by atoms with Crippen LogP contribution in [0.1, 0.15) is 62.5 Å². The predicted octanol–water partition coefficient (Wildman–Crippen LogP) is 4.34. The quantitative estimate of drug-likeness (QED) is 0.840. The summed E-state index contributed by atoms with van der Waals surface area (Å²) in [7, 11) is 0. The second kappa shape index (κ2) is 8.69. The molecule has 1 saturated carbocycles. The first kappa shape index (κ1) is 16.0. The van der Waals surface area contributed by atoms with Gasteiger partial charge in [0.2, 0.25) is 0 Å². The van der Waals surface area contributed by atoms with Gasteiger partial charge in [0, 0.05) is 13.1 Å². The van der Waals surface area contributed by atoms with Crippen molar-refractivity contribution in [3.05, 3.63) is 35.4 Å². The van der Waals surface area contributed by atoms with Crippen LogP contribution >= 0.6 is 0 Å². The zero-order valence-electron chi connectivity index (χ0n) is 14.0. The number of benzene rings is 1. The molecule has 3 rings (SSSR count). The highest BCUT2D eigenvalue weighted by atomic mass is 15.1. The molecule has 22 heavy (non-hydrogen) atoms. The Labute approximate surface area is 136 Å². The van der Waals surface area contributed by atoms with Gasteiger partial charge < -0.3 is 5.32 Å². The maximum Gasteiger partial charge on any atom is 0.0233 e. The highest BCUT2D eigenvalue weighted by Crippen LogP contribution is 2.22. The molecule has 0 aromatic heterocycles. The minimum absolute atomic E-state index is 0.923. The van der Waals surface area contributed by atoms with E-state index in [1.165, 1.54) is 82.1 Å². The van der Waals surface area contributed by atoms with Gasteiger partial charge in [-0.1, -0.05) is 49.9 Å². The molecule has 2 nitrogen and oxygen atoms in total. The van der Waals surface area contributed by atoms with Crippen molar-refractivity contribution in [2.24, 2.45) is 5.92 Å². The molecule has 2 fully saturated rings. The van der Waals surface area contributed by atoms with Crippen LogP contribution in [0.4, 0.5) is 0 Å². The topological polar surface area (TPSA) is 15.3 Å². The molecule has 0 radical (unpaired) electrons. The van der Waals surface area contributed by atoms with Crippen LogP contribution in [0.3, 0.4) is 0 Å². The molecule has 1 aromatic carbocycles. The third kappa shape index (κ3) is 5.10. The summed E-state index contributed by atoms with van der Waals surface area (Å²) in [6.07, 6.45) is 11.4. The monoisotopic (exact) mass is 300 g/mol. The van der Waals surface area contributed by atoms with Gasteiger partial charge in [-0.2, -0.15) is 0 Å². The van der Waals surface area contributed by atoms with E-state index in [2.05, 4.69) is 34.5 Å². The molecule has 0 amide bonds. The Balaban J connectivity index is 1.39. The molecule has 0 bridgehead atoms. The molecule has 1 saturated heterocycles. The normalized spacial score (nSPS) is 21.1. The summed E-state index contributed by atoms with van der Waals surface area (Å²) in [5.41, 5.74) is 2.90. The molecule has 0 spiro atoms. The minimum Gasteiger partial charge on any atom is -0.312 e. The first-order valence-electron chi connectivity index (χ1n) is 9.41. The molecule has 0 atom stereocenters. The molecule has 1 aliphatic carbocycles. The fourth-order valence-electron chi connectivity index (χ4n) is 3.95. The Bertz CT molecular complexity index is 414. The van der Waals surface area contributed by atoms with Crippen molar-refractivity contribution in [3.63, 3.8) is 0 Å². The molecular weight excluding hydrogens is 268 g/mol. The average Bonchev–Trinajstić information content (AvgIpc) is 2.58. The molecular formula is C20H32N2. The number of likely N-dealkylation sites (tertiary alicyclic amines) is 1. The molecule has 0 unspecified atom stereocenters. The second-order valence-corrected chi connectivity index (χ2v) is 7.29. The lowest BCUT2D eigenvalue weighted by molar-refractivity contribution is 0.221. The van der Waals surface area contributed by atoms with Gasteiger partial charge in [0.15, 0.2) is 0 Å². The first-order valence-corrected chi connectivity index (χ1v) is 9.41. The second-order valence-electron chi connectivity index (χ2n) is 7.29. The Kier molecular flexibility index (Phi) is 6.32. The third-order valence-corrected chi connectivity index (χ3v) is 5.36. The van der Waals surface area contributed by atoms with E-state index in [1.807, 2.05) is 0 Å². The SMILES string of the molecule is c1cc(CN2CCCCC2)ccc1CNCC1CCCCC1. The van der Waals surface area contributed by atoms with E-state index in [4.69, 9.17) is 0 Å². The summed E-state index contributed by atoms with van der Waals surface area (Å²) >= 11 is 0. The van der Waals surface area contributed by atoms with Crippen molar-refractivity contribution in [2.45, 2.75) is 64.5 Å². The summed E-state index contributed by atoms with van der Waals surface area (Å²) in [4.78, 5) is 2.60. The van der Waals surface area contributed by atoms with Gasteiger partial charge in [-0.15, -0.1) is 0 Å². The predicted molar refractivity (Wildman–Crippen MR) is 93.9 cm³/mol. The lowest BCUT2D eigenvalue weighted by Crippen LogP contribution is -2.29. The molecule has 1 aliphatic heterocycles. The third-order valence-electron chi connectivity index (χ3n) is 5.36. The fraction of sp³-hybridized carbons (Fsp3) is 0.700. The van der Waals surface area contributed by atoms with Gasteiger partial charge in [0.25, 0.3) is 0 Å². The lowest BCUT2D eigenvalue weighted by Gasteiger charge is -2.26. The van der Waals surface area contributed by atoms with Crippen LogP contribution in [0.15, 0.2) is 24.3 Å². The van der Waals surface area contributed by atoms with Gasteiger partial charge in [-0.25, -0.2) is 0 Å². The number of piperidine rings is 1. The zero-order chi connectivity index (χ0) is 15.0. The van der Waals surface area contributed by atoms with Gasteiger partial charge in [0.1, 0.15) is 0 Å². The van der Waals surface area contributed by atoms with Crippen LogP contribution in [-0.4, -0.2) is 24.5 Å². The summed E-state index contributed by atoms with van der Waals surface area (Å²) in [6.45, 7) is 5.93. The maximum atomic E-state index is 3.66. The van der Waals surface area contributed by atoms with Crippen LogP contribution < -0.4 is 5.32 Å². The molecule has 1 aromatic rings. The van der Waals surface area contributed by atoms with Crippen LogP contribution in [-0.2, 0) is 13.1 Å². The van der Waals surface area contributed by atoms with Crippen molar-refractivity contribution < 1.29 is 0 Å². The first-order chi connectivity index (χ1) is 10.9. The number of hydrogen-bond donors (Lipinski definition) is 1. The van der Waals surface area contributed by atoms with Crippen molar-refractivity contribution in [1.82, 2.24) is 10.2 Å². The summed E-state index contributed by atoms with van der Waals surface area (Å²) in [5, 5.41) is 3.66. The number of nitrogens with one attached hydrogen (secondary N) is 1. The number of hydrogen-bond acceptors (Lipinski definition) is 2. The Morgan fingerprint density at radius 3 is 2.18 bits per heavy atom. The standard InChI is InChI=1S/C20H32N2/c1-3-7-18(8-4-1)15-21-16-19-9-11-20(12-10-19)17-22-13-5-2-6-14-22/h9-12,18,21H,1-8,13-17H2. The van der Waals surface area contributed by atoms with Gasteiger partial charge in [-0.3, -0.25) is 4.90 Å². The van der Waals surface area contributed by atoms with Crippen molar-refractivity contribution in [2.75, 3.05) is 19.6 Å². The molecule has 1 N–H and O–H groups in total. The molecule has 122 valence electrons. The molecule has 2 heteroatoms. The number of rotatable bonds is 6. The van der Waals surface area contributed by atoms with Crippen LogP contribution in [0, 0.1) is 5.92 Å². The van der Waals surface area contributed by atoms with Gasteiger partial charge in [-0.05, 0) is 62.4 Å². The van der Waals surface area contributed by atoms with Crippen molar-refractivity contribution in [1.29, 1.82) is 0 Å². The van der Waals surface area contributed by atoms with E-state index in [0.29, 0.717) is 0 Å². The maximum absolute atomic E-state index is 3.66. The van der Waals surface area contributed by atoms with E-state index in [9.17, 15) is 0 Å². The van der Waals surface area contributed by atoms with E-state index in [0.717, 1.165) is 19.0 Å². The van der Waals surface area contributed by atoms with E-state index < -0.39 is 0 Å². The van der Waals surface area contributed by atoms with Gasteiger partial charge >= 0.3 is 0 Å². The van der Waals surface area contributed by atoms with Crippen molar-refractivity contribution in [3.8, 4) is 0 Å². The largest absolute Gasteiger partial charge is 0.312 e. The number of nitrogens with zero attached hydrogens (tertiary/aromatic N) is 1. The Hall–Kier alpha value is -0.860. The highest BCUT2D eigenvalue weighted by molar-refractivity contribution is 5.22. The smallest absolute Gasteiger partial charge is 0.0233 e. The average molecular weight is 300 g/mol. The van der Waals surface area contributed by atoms with Gasteiger partial charge in [0.05, 0.1) is 0 Å². The minimum atomic E-state index is 0.923. The fourth-order valence-corrected chi connectivity index (χ4v) is 3.95. The molecule has 2 aliphatic rings. The molecule has 1 heterocycles. The lowest BCUT2D eigenvalue weighted by atomic mass is 9.89. The van der Waals surface area contributed by atoms with Crippen LogP contribution in [0.5, 0.6) is 0 Å². The van der Waals surface area contributed by atoms with Crippen LogP contribution in [0.25, 0.3) is 0 Å². The van der Waals surface area contributed by atoms with Crippen LogP contribution in [0.2, 0.25) is 0 Å². The van der Waals surface area contributed by atoms with E-state index in [-0.39, 0.29) is 0 Å². The van der Waals surface area contributed by atoms with E-state index >= 15 is 0 Å². The summed E-state index contributed by atoms with van der Waals surface area (Å²) < 4.78 is 0. The van der Waals surface area contributed by atoms with E-state index in [1.54, 1.807) is 0 Å². The highest BCUT2D eigenvalue weighted by Gasteiger charge is 2.13. The van der Waals surface area contributed by atoms with Crippen molar-refractivity contribution >= 4 is 0 Å². The summed E-state index contributed by atoms with van der Waals surface area (Å²) in [5.74, 6) is 0.923. The Morgan fingerprint density at radius 2 is 1.45 bits per heavy atom. The zero-order valence-corrected chi connectivity index (χ0v) is 14.0. The summed E-state index contributed by atoms with van der Waals surface area (Å²) in [6, 6.07) is 9.28. The Morgan fingerprint density at radius 1 is 0.818 bits per heavy atom.